The summed E-state index contributed by atoms with van der Waals surface area (Å²) in [5.74, 6) is -0.531. The molecule has 4 N–H and O–H groups in total. The predicted octanol–water partition coefficient (Wildman–Crippen LogP) is -0.244. The number of primary amides is 1. The Morgan fingerprint density at radius 2 is 2.00 bits per heavy atom. The van der Waals surface area contributed by atoms with Gasteiger partial charge in [0.15, 0.2) is 0 Å². The lowest BCUT2D eigenvalue weighted by molar-refractivity contribution is -0.135. The molecule has 2 amide bonds. The highest BCUT2D eigenvalue weighted by Gasteiger charge is 2.38. The Balaban J connectivity index is 2.65. The van der Waals surface area contributed by atoms with Crippen LogP contribution in [0.3, 0.4) is 0 Å². The topological polar surface area (TPSA) is 84.2 Å². The molecule has 0 bridgehead atoms. The predicted molar refractivity (Wildman–Crippen MR) is 61.6 cm³/mol. The van der Waals surface area contributed by atoms with E-state index in [2.05, 4.69) is 10.6 Å². The van der Waals surface area contributed by atoms with Crippen molar-refractivity contribution in [3.05, 3.63) is 0 Å². The zero-order valence-corrected chi connectivity index (χ0v) is 10.0. The number of carbonyl (C=O) groups is 2. The molecular formula is C11H21N3O2. The zero-order valence-electron chi connectivity index (χ0n) is 10.0. The van der Waals surface area contributed by atoms with Crippen molar-refractivity contribution in [3.8, 4) is 0 Å². The van der Waals surface area contributed by atoms with Gasteiger partial charge in [-0.2, -0.15) is 0 Å². The van der Waals surface area contributed by atoms with Crippen molar-refractivity contribution < 1.29 is 9.59 Å². The number of carbonyl (C=O) groups excluding carboxylic acids is 2. The number of rotatable bonds is 4. The highest BCUT2D eigenvalue weighted by molar-refractivity contribution is 5.89. The van der Waals surface area contributed by atoms with Gasteiger partial charge in [-0.05, 0) is 39.3 Å². The van der Waals surface area contributed by atoms with Gasteiger partial charge in [0.2, 0.25) is 11.8 Å². The van der Waals surface area contributed by atoms with Crippen LogP contribution in [0, 0.1) is 5.41 Å². The fourth-order valence-corrected chi connectivity index (χ4v) is 2.07. The van der Waals surface area contributed by atoms with Gasteiger partial charge in [-0.1, -0.05) is 6.92 Å². The maximum absolute atomic E-state index is 12.1. The second-order valence-corrected chi connectivity index (χ2v) is 4.48. The number of piperidine rings is 1. The molecule has 0 aromatic heterocycles. The van der Waals surface area contributed by atoms with E-state index in [0.29, 0.717) is 0 Å². The van der Waals surface area contributed by atoms with Gasteiger partial charge in [0, 0.05) is 0 Å². The molecule has 1 unspecified atom stereocenters. The third-order valence-corrected chi connectivity index (χ3v) is 3.49. The summed E-state index contributed by atoms with van der Waals surface area (Å²) in [5.41, 5.74) is 4.81. The molecule has 5 nitrogen and oxygen atoms in total. The maximum Gasteiger partial charge on any atom is 0.239 e. The molecule has 0 saturated carbocycles. The monoisotopic (exact) mass is 227 g/mol. The summed E-state index contributed by atoms with van der Waals surface area (Å²) in [4.78, 5) is 23.0. The highest BCUT2D eigenvalue weighted by atomic mass is 16.2. The van der Waals surface area contributed by atoms with Gasteiger partial charge < -0.3 is 16.4 Å². The third-order valence-electron chi connectivity index (χ3n) is 3.49. The second-order valence-electron chi connectivity index (χ2n) is 4.48. The molecular weight excluding hydrogens is 206 g/mol. The first kappa shape index (κ1) is 13.0. The minimum Gasteiger partial charge on any atom is -0.368 e. The first-order chi connectivity index (χ1) is 7.52. The average Bonchev–Trinajstić information content (AvgIpc) is 2.29. The molecule has 92 valence electrons. The standard InChI is InChI=1S/C11H21N3O2/c1-3-11(4-6-13-7-5-11)10(16)14-8(2)9(12)15/h8,13H,3-7H2,1-2H3,(H2,12,15)(H,14,16). The van der Waals surface area contributed by atoms with Crippen LogP contribution in [0.1, 0.15) is 33.1 Å². The Bertz CT molecular complexity index is 272. The van der Waals surface area contributed by atoms with Crippen molar-refractivity contribution >= 4 is 11.8 Å². The van der Waals surface area contributed by atoms with Crippen molar-refractivity contribution in [2.45, 2.75) is 39.2 Å². The number of amides is 2. The molecule has 0 aromatic carbocycles. The number of nitrogens with one attached hydrogen (secondary N) is 2. The van der Waals surface area contributed by atoms with Gasteiger partial charge in [-0.3, -0.25) is 9.59 Å². The van der Waals surface area contributed by atoms with Crippen LogP contribution in [0.15, 0.2) is 0 Å². The summed E-state index contributed by atoms with van der Waals surface area (Å²) in [7, 11) is 0. The van der Waals surface area contributed by atoms with Gasteiger partial charge in [-0.25, -0.2) is 0 Å². The molecule has 0 aliphatic carbocycles. The van der Waals surface area contributed by atoms with Crippen LogP contribution in [0.2, 0.25) is 0 Å². The number of hydrogen-bond acceptors (Lipinski definition) is 3. The summed E-state index contributed by atoms with van der Waals surface area (Å²) >= 11 is 0. The lowest BCUT2D eigenvalue weighted by Gasteiger charge is -2.35. The fraction of sp³-hybridized carbons (Fsp3) is 0.818. The molecule has 1 aliphatic heterocycles. The average molecular weight is 227 g/mol. The van der Waals surface area contributed by atoms with Crippen LogP contribution in [-0.2, 0) is 9.59 Å². The molecule has 1 heterocycles. The van der Waals surface area contributed by atoms with Crippen LogP contribution < -0.4 is 16.4 Å². The molecule has 0 aromatic rings. The van der Waals surface area contributed by atoms with Gasteiger partial charge in [0.25, 0.3) is 0 Å². The molecule has 1 fully saturated rings. The number of nitrogens with two attached hydrogens (primary N) is 1. The van der Waals surface area contributed by atoms with Crippen molar-refractivity contribution in [3.63, 3.8) is 0 Å². The van der Waals surface area contributed by atoms with E-state index in [-0.39, 0.29) is 11.3 Å². The first-order valence-corrected chi connectivity index (χ1v) is 5.83. The van der Waals surface area contributed by atoms with Crippen molar-refractivity contribution in [1.29, 1.82) is 0 Å². The van der Waals surface area contributed by atoms with E-state index in [9.17, 15) is 9.59 Å². The Morgan fingerprint density at radius 1 is 1.44 bits per heavy atom. The van der Waals surface area contributed by atoms with E-state index in [1.54, 1.807) is 6.92 Å². The van der Waals surface area contributed by atoms with Crippen LogP contribution >= 0.6 is 0 Å². The van der Waals surface area contributed by atoms with Crippen molar-refractivity contribution in [2.75, 3.05) is 13.1 Å². The van der Waals surface area contributed by atoms with Crippen molar-refractivity contribution in [1.82, 2.24) is 10.6 Å². The summed E-state index contributed by atoms with van der Waals surface area (Å²) in [6, 6.07) is -0.592. The fourth-order valence-electron chi connectivity index (χ4n) is 2.07. The summed E-state index contributed by atoms with van der Waals surface area (Å²) in [6.45, 7) is 5.34. The molecule has 16 heavy (non-hydrogen) atoms. The Morgan fingerprint density at radius 3 is 2.44 bits per heavy atom. The minimum atomic E-state index is -0.592. The molecule has 1 aliphatic rings. The van der Waals surface area contributed by atoms with Crippen LogP contribution in [0.5, 0.6) is 0 Å². The lowest BCUT2D eigenvalue weighted by atomic mass is 9.75. The van der Waals surface area contributed by atoms with E-state index < -0.39 is 11.9 Å². The zero-order chi connectivity index (χ0) is 12.2. The summed E-state index contributed by atoms with van der Waals surface area (Å²) in [6.07, 6.45) is 2.44. The van der Waals surface area contributed by atoms with Gasteiger partial charge in [-0.15, -0.1) is 0 Å². The molecule has 1 atom stereocenters. The summed E-state index contributed by atoms with van der Waals surface area (Å²) in [5, 5.41) is 5.93. The van der Waals surface area contributed by atoms with Crippen LogP contribution in [-0.4, -0.2) is 30.9 Å². The van der Waals surface area contributed by atoms with Gasteiger partial charge in [0.1, 0.15) is 6.04 Å². The van der Waals surface area contributed by atoms with E-state index in [1.165, 1.54) is 0 Å². The highest BCUT2D eigenvalue weighted by Crippen LogP contribution is 2.32. The van der Waals surface area contributed by atoms with Gasteiger partial charge in [0.05, 0.1) is 5.41 Å². The molecule has 1 saturated heterocycles. The van der Waals surface area contributed by atoms with Crippen LogP contribution in [0.4, 0.5) is 0 Å². The smallest absolute Gasteiger partial charge is 0.239 e. The van der Waals surface area contributed by atoms with Crippen molar-refractivity contribution in [2.24, 2.45) is 11.1 Å². The Hall–Kier alpha value is -1.10. The minimum absolute atomic E-state index is 0.0391. The quantitative estimate of drug-likeness (QED) is 0.619. The Labute approximate surface area is 96.1 Å². The summed E-state index contributed by atoms with van der Waals surface area (Å²) < 4.78 is 0. The van der Waals surface area contributed by atoms with Gasteiger partial charge >= 0.3 is 0 Å². The lowest BCUT2D eigenvalue weighted by Crippen LogP contribution is -2.52. The van der Waals surface area contributed by atoms with E-state index in [1.807, 2.05) is 6.92 Å². The normalized spacial score (nSPS) is 21.1. The second kappa shape index (κ2) is 5.30. The molecule has 5 heteroatoms. The maximum atomic E-state index is 12.1. The van der Waals surface area contributed by atoms with E-state index in [0.717, 1.165) is 32.4 Å². The van der Waals surface area contributed by atoms with E-state index >= 15 is 0 Å². The Kier molecular flexibility index (Phi) is 4.29. The van der Waals surface area contributed by atoms with E-state index in [4.69, 9.17) is 5.73 Å². The third kappa shape index (κ3) is 2.72. The molecule has 0 radical (unpaired) electrons. The first-order valence-electron chi connectivity index (χ1n) is 5.83. The molecule has 1 rings (SSSR count). The van der Waals surface area contributed by atoms with Crippen LogP contribution in [0.25, 0.3) is 0 Å². The largest absolute Gasteiger partial charge is 0.368 e. The number of hydrogen-bond donors (Lipinski definition) is 3. The SMILES string of the molecule is CCC1(C(=O)NC(C)C(N)=O)CCNCC1. The molecule has 0 spiro atoms.